The summed E-state index contributed by atoms with van der Waals surface area (Å²) < 4.78 is 15.2. The van der Waals surface area contributed by atoms with Crippen LogP contribution in [0.2, 0.25) is 0 Å². The van der Waals surface area contributed by atoms with E-state index in [-0.39, 0.29) is 11.6 Å². The van der Waals surface area contributed by atoms with Crippen LogP contribution in [0.5, 0.6) is 0 Å². The van der Waals surface area contributed by atoms with Crippen molar-refractivity contribution in [2.45, 2.75) is 40.7 Å². The molecule has 4 rings (SSSR count). The van der Waals surface area contributed by atoms with Crippen LogP contribution in [0.4, 0.5) is 10.1 Å². The standard InChI is InChI=1S/C23H28FN7/c1-15(2)9-18-11-20(24)22(23-26-28-29-27-23)21(12-18)31-8-7-30(17(4)13-31)14-19-10-16(3)5-6-25-19/h5-6,10-13,15H,7-9,14H2,1-4H3,(H,26,27,28,29). The molecule has 1 N–H and O–H groups in total. The first-order chi connectivity index (χ1) is 14.9. The second kappa shape index (κ2) is 8.83. The Morgan fingerprint density at radius 2 is 2.00 bits per heavy atom. The summed E-state index contributed by atoms with van der Waals surface area (Å²) in [4.78, 5) is 8.87. The zero-order chi connectivity index (χ0) is 22.0. The average Bonchev–Trinajstić information content (AvgIpc) is 3.23. The van der Waals surface area contributed by atoms with Gasteiger partial charge in [0.15, 0.2) is 0 Å². The number of allylic oxidation sites excluding steroid dienone is 1. The molecule has 1 aromatic carbocycles. The number of tetrazole rings is 1. The Labute approximate surface area is 182 Å². The molecule has 1 aliphatic rings. The van der Waals surface area contributed by atoms with Crippen molar-refractivity contribution in [3.8, 4) is 11.4 Å². The Kier molecular flexibility index (Phi) is 5.97. The molecular weight excluding hydrogens is 393 g/mol. The number of aromatic nitrogens is 5. The molecule has 0 fully saturated rings. The predicted molar refractivity (Wildman–Crippen MR) is 119 cm³/mol. The van der Waals surface area contributed by atoms with E-state index in [2.05, 4.69) is 81.4 Å². The maximum atomic E-state index is 15.2. The number of aromatic amines is 1. The summed E-state index contributed by atoms with van der Waals surface area (Å²) in [6.45, 7) is 10.7. The number of nitrogens with zero attached hydrogens (tertiary/aromatic N) is 6. The van der Waals surface area contributed by atoms with Gasteiger partial charge in [-0.05, 0) is 66.8 Å². The van der Waals surface area contributed by atoms with Crippen molar-refractivity contribution in [1.82, 2.24) is 30.5 Å². The Morgan fingerprint density at radius 3 is 2.68 bits per heavy atom. The van der Waals surface area contributed by atoms with Crippen molar-refractivity contribution >= 4 is 5.69 Å². The van der Waals surface area contributed by atoms with Crippen molar-refractivity contribution in [2.75, 3.05) is 18.0 Å². The van der Waals surface area contributed by atoms with Gasteiger partial charge in [0.25, 0.3) is 0 Å². The fourth-order valence-electron chi connectivity index (χ4n) is 4.00. The molecule has 0 radical (unpaired) electrons. The minimum absolute atomic E-state index is 0.265. The maximum absolute atomic E-state index is 15.2. The number of hydrogen-bond donors (Lipinski definition) is 1. The minimum Gasteiger partial charge on any atom is -0.366 e. The smallest absolute Gasteiger partial charge is 0.209 e. The lowest BCUT2D eigenvalue weighted by Gasteiger charge is -2.36. The molecule has 3 heterocycles. The molecule has 2 aromatic heterocycles. The molecule has 0 saturated carbocycles. The van der Waals surface area contributed by atoms with E-state index in [1.807, 2.05) is 12.3 Å². The normalized spacial score (nSPS) is 14.3. The van der Waals surface area contributed by atoms with Gasteiger partial charge in [-0.2, -0.15) is 5.21 Å². The number of H-pyrrole nitrogens is 1. The molecule has 7 nitrogen and oxygen atoms in total. The van der Waals surface area contributed by atoms with Gasteiger partial charge in [0.05, 0.1) is 23.5 Å². The van der Waals surface area contributed by atoms with E-state index in [1.165, 1.54) is 5.56 Å². The second-order valence-corrected chi connectivity index (χ2v) is 8.52. The molecule has 0 spiro atoms. The Bertz CT molecular complexity index is 1080. The number of aryl methyl sites for hydroxylation is 1. The van der Waals surface area contributed by atoms with E-state index >= 15 is 4.39 Å². The fourth-order valence-corrected chi connectivity index (χ4v) is 4.00. The van der Waals surface area contributed by atoms with E-state index in [9.17, 15) is 0 Å². The summed E-state index contributed by atoms with van der Waals surface area (Å²) >= 11 is 0. The van der Waals surface area contributed by atoms with Gasteiger partial charge in [0.2, 0.25) is 5.82 Å². The molecule has 162 valence electrons. The van der Waals surface area contributed by atoms with E-state index in [0.29, 0.717) is 11.5 Å². The molecule has 0 amide bonds. The van der Waals surface area contributed by atoms with E-state index in [0.717, 1.165) is 48.7 Å². The van der Waals surface area contributed by atoms with Crippen LogP contribution in [0.15, 0.2) is 42.4 Å². The van der Waals surface area contributed by atoms with Crippen LogP contribution in [0.1, 0.15) is 37.6 Å². The molecule has 0 unspecified atom stereocenters. The average molecular weight is 422 g/mol. The van der Waals surface area contributed by atoms with Crippen LogP contribution in [0.25, 0.3) is 11.4 Å². The number of benzene rings is 1. The van der Waals surface area contributed by atoms with Gasteiger partial charge in [-0.15, -0.1) is 10.2 Å². The topological polar surface area (TPSA) is 73.8 Å². The second-order valence-electron chi connectivity index (χ2n) is 8.52. The molecule has 0 saturated heterocycles. The van der Waals surface area contributed by atoms with Crippen LogP contribution in [0, 0.1) is 18.7 Å². The third-order valence-electron chi connectivity index (χ3n) is 5.43. The lowest BCUT2D eigenvalue weighted by molar-refractivity contribution is 0.327. The summed E-state index contributed by atoms with van der Waals surface area (Å²) in [5.74, 6) is 0.368. The summed E-state index contributed by atoms with van der Waals surface area (Å²) in [7, 11) is 0. The number of nitrogens with one attached hydrogen (secondary N) is 1. The SMILES string of the molecule is CC1=CN(c2cc(CC(C)C)cc(F)c2-c2nn[nH]n2)CCN1Cc1cc(C)ccn1. The molecule has 0 bridgehead atoms. The van der Waals surface area contributed by atoms with Crippen LogP contribution in [0.3, 0.4) is 0 Å². The van der Waals surface area contributed by atoms with Gasteiger partial charge in [0.1, 0.15) is 5.82 Å². The molecule has 0 aliphatic carbocycles. The van der Waals surface area contributed by atoms with Gasteiger partial charge in [-0.25, -0.2) is 4.39 Å². The van der Waals surface area contributed by atoms with E-state index < -0.39 is 0 Å². The molecule has 8 heteroatoms. The number of halogens is 1. The van der Waals surface area contributed by atoms with Gasteiger partial charge in [-0.1, -0.05) is 13.8 Å². The Hall–Kier alpha value is -3.29. The minimum atomic E-state index is -0.327. The van der Waals surface area contributed by atoms with Crippen molar-refractivity contribution in [3.05, 3.63) is 65.0 Å². The zero-order valence-corrected chi connectivity index (χ0v) is 18.4. The highest BCUT2D eigenvalue weighted by Crippen LogP contribution is 2.35. The lowest BCUT2D eigenvalue weighted by Crippen LogP contribution is -2.37. The molecular formula is C23H28FN7. The maximum Gasteiger partial charge on any atom is 0.209 e. The van der Waals surface area contributed by atoms with E-state index in [1.54, 1.807) is 6.07 Å². The van der Waals surface area contributed by atoms with Crippen molar-refractivity contribution in [1.29, 1.82) is 0 Å². The monoisotopic (exact) mass is 421 g/mol. The number of hydrogen-bond acceptors (Lipinski definition) is 6. The summed E-state index contributed by atoms with van der Waals surface area (Å²) in [6.07, 6.45) is 4.72. The van der Waals surface area contributed by atoms with Crippen molar-refractivity contribution in [3.63, 3.8) is 0 Å². The van der Waals surface area contributed by atoms with Crippen LogP contribution < -0.4 is 4.90 Å². The Morgan fingerprint density at radius 1 is 1.16 bits per heavy atom. The third kappa shape index (κ3) is 4.73. The highest BCUT2D eigenvalue weighted by atomic mass is 19.1. The number of anilines is 1. The molecule has 0 atom stereocenters. The van der Waals surface area contributed by atoms with Crippen molar-refractivity contribution < 1.29 is 4.39 Å². The highest BCUT2D eigenvalue weighted by molar-refractivity contribution is 5.76. The number of rotatable bonds is 6. The number of pyridine rings is 1. The van der Waals surface area contributed by atoms with Gasteiger partial charge >= 0.3 is 0 Å². The zero-order valence-electron chi connectivity index (χ0n) is 18.4. The molecule has 1 aliphatic heterocycles. The van der Waals surface area contributed by atoms with Gasteiger partial charge < -0.3 is 9.80 Å². The third-order valence-corrected chi connectivity index (χ3v) is 5.43. The lowest BCUT2D eigenvalue weighted by atomic mass is 9.99. The van der Waals surface area contributed by atoms with E-state index in [4.69, 9.17) is 0 Å². The quantitative estimate of drug-likeness (QED) is 0.646. The Balaban J connectivity index is 1.67. The van der Waals surface area contributed by atoms with Crippen LogP contribution in [-0.4, -0.2) is 43.6 Å². The summed E-state index contributed by atoms with van der Waals surface area (Å²) in [5.41, 5.74) is 5.45. The molecule has 3 aromatic rings. The summed E-state index contributed by atoms with van der Waals surface area (Å²) in [6, 6.07) is 7.75. The highest BCUT2D eigenvalue weighted by Gasteiger charge is 2.24. The first kappa shape index (κ1) is 21.0. The summed E-state index contributed by atoms with van der Waals surface area (Å²) in [5, 5.41) is 14.1. The van der Waals surface area contributed by atoms with Gasteiger partial charge in [0, 0.05) is 31.2 Å². The van der Waals surface area contributed by atoms with Crippen LogP contribution >= 0.6 is 0 Å². The first-order valence-electron chi connectivity index (χ1n) is 10.6. The molecule has 31 heavy (non-hydrogen) atoms. The first-order valence-corrected chi connectivity index (χ1v) is 10.6. The van der Waals surface area contributed by atoms with Crippen LogP contribution in [-0.2, 0) is 13.0 Å². The van der Waals surface area contributed by atoms with Crippen molar-refractivity contribution in [2.24, 2.45) is 5.92 Å². The fraction of sp³-hybridized carbons (Fsp3) is 0.391. The predicted octanol–water partition coefficient (Wildman–Crippen LogP) is 4.09. The van der Waals surface area contributed by atoms with Gasteiger partial charge in [-0.3, -0.25) is 4.98 Å². The largest absolute Gasteiger partial charge is 0.366 e.